The fourth-order valence-electron chi connectivity index (χ4n) is 6.24. The van der Waals surface area contributed by atoms with Crippen molar-refractivity contribution in [2.45, 2.75) is 31.7 Å². The molecule has 0 spiro atoms. The van der Waals surface area contributed by atoms with E-state index in [9.17, 15) is 14.4 Å². The second-order valence-electron chi connectivity index (χ2n) is 11.2. The van der Waals surface area contributed by atoms with Crippen molar-refractivity contribution >= 4 is 23.5 Å². The van der Waals surface area contributed by atoms with E-state index < -0.39 is 12.2 Å². The Morgan fingerprint density at radius 1 is 0.977 bits per heavy atom. The van der Waals surface area contributed by atoms with E-state index in [-0.39, 0.29) is 30.9 Å². The summed E-state index contributed by atoms with van der Waals surface area (Å²) in [5.41, 5.74) is 3.80. The van der Waals surface area contributed by atoms with Gasteiger partial charge in [0.15, 0.2) is 5.75 Å². The fraction of sp³-hybridized carbons (Fsp3) is 0.303. The third kappa shape index (κ3) is 5.65. The molecule has 3 aliphatic heterocycles. The summed E-state index contributed by atoms with van der Waals surface area (Å²) in [7, 11) is 3.64. The summed E-state index contributed by atoms with van der Waals surface area (Å²) in [6.45, 7) is 5.49. The number of benzene rings is 3. The van der Waals surface area contributed by atoms with Crippen molar-refractivity contribution in [1.29, 1.82) is 0 Å². The number of ether oxygens (including phenoxy) is 1. The van der Waals surface area contributed by atoms with Gasteiger partial charge < -0.3 is 24.8 Å². The van der Waals surface area contributed by atoms with Gasteiger partial charge in [0.25, 0.3) is 0 Å². The van der Waals surface area contributed by atoms with Gasteiger partial charge in [-0.25, -0.2) is 4.79 Å². The lowest BCUT2D eigenvalue weighted by molar-refractivity contribution is -0.157. The predicted octanol–water partition coefficient (Wildman–Crippen LogP) is 3.21. The highest BCUT2D eigenvalue weighted by molar-refractivity contribution is 5.92. The van der Waals surface area contributed by atoms with Crippen LogP contribution in [0.1, 0.15) is 16.7 Å². The maximum absolute atomic E-state index is 14.2. The average Bonchev–Trinajstić information content (AvgIpc) is 3.33. The SMILES string of the molecule is C=C1CN(C)c2c(CN3C[C@H]4N(C(=O)CN4N(C)C(=O)NCc4ccccc4)[C@@H](Cc4ccccc4)C3=O)cccc2O1. The van der Waals surface area contributed by atoms with Crippen LogP contribution in [0.25, 0.3) is 0 Å². The van der Waals surface area contributed by atoms with Gasteiger partial charge in [-0.3, -0.25) is 14.6 Å². The maximum Gasteiger partial charge on any atom is 0.332 e. The van der Waals surface area contributed by atoms with Crippen molar-refractivity contribution in [2.75, 3.05) is 38.6 Å². The van der Waals surface area contributed by atoms with E-state index >= 15 is 0 Å². The average molecular weight is 581 g/mol. The third-order valence-electron chi connectivity index (χ3n) is 8.30. The lowest BCUT2D eigenvalue weighted by atomic mass is 9.99. The number of fused-ring (bicyclic) bond motifs is 2. The largest absolute Gasteiger partial charge is 0.458 e. The van der Waals surface area contributed by atoms with Gasteiger partial charge in [0.2, 0.25) is 11.8 Å². The molecule has 0 unspecified atom stereocenters. The fourth-order valence-corrected chi connectivity index (χ4v) is 6.24. The van der Waals surface area contributed by atoms with Crippen LogP contribution < -0.4 is 15.0 Å². The summed E-state index contributed by atoms with van der Waals surface area (Å²) in [6, 6.07) is 24.2. The Morgan fingerprint density at radius 2 is 1.67 bits per heavy atom. The number of hydrogen-bond acceptors (Lipinski definition) is 6. The number of hydrazine groups is 1. The number of hydrogen-bond donors (Lipinski definition) is 1. The number of anilines is 1. The number of para-hydroxylation sites is 1. The van der Waals surface area contributed by atoms with Gasteiger partial charge in [-0.05, 0) is 22.8 Å². The molecule has 222 valence electrons. The Kier molecular flexibility index (Phi) is 7.77. The molecule has 0 saturated carbocycles. The van der Waals surface area contributed by atoms with E-state index in [1.165, 1.54) is 5.01 Å². The second-order valence-corrected chi connectivity index (χ2v) is 11.2. The molecule has 0 aromatic heterocycles. The zero-order valence-corrected chi connectivity index (χ0v) is 24.5. The summed E-state index contributed by atoms with van der Waals surface area (Å²) in [6.07, 6.45) is -0.119. The maximum atomic E-state index is 14.2. The molecule has 3 heterocycles. The van der Waals surface area contributed by atoms with Gasteiger partial charge >= 0.3 is 6.03 Å². The molecule has 0 bridgehead atoms. The summed E-state index contributed by atoms with van der Waals surface area (Å²) in [5, 5.41) is 6.18. The highest BCUT2D eigenvalue weighted by Crippen LogP contribution is 2.38. The van der Waals surface area contributed by atoms with Crippen molar-refractivity contribution < 1.29 is 19.1 Å². The van der Waals surface area contributed by atoms with Crippen LogP contribution in [0.2, 0.25) is 0 Å². The Hall–Kier alpha value is -4.83. The number of nitrogens with zero attached hydrogens (tertiary/aromatic N) is 5. The second kappa shape index (κ2) is 11.8. The van der Waals surface area contributed by atoms with Crippen molar-refractivity contribution in [3.63, 3.8) is 0 Å². The van der Waals surface area contributed by atoms with Crippen LogP contribution in [0.15, 0.2) is 91.2 Å². The van der Waals surface area contributed by atoms with E-state index in [1.807, 2.05) is 90.8 Å². The highest BCUT2D eigenvalue weighted by atomic mass is 16.5. The van der Waals surface area contributed by atoms with Crippen LogP contribution in [0.5, 0.6) is 5.75 Å². The van der Waals surface area contributed by atoms with Crippen LogP contribution in [0.4, 0.5) is 10.5 Å². The number of urea groups is 1. The minimum Gasteiger partial charge on any atom is -0.458 e. The molecule has 6 rings (SSSR count). The first-order valence-corrected chi connectivity index (χ1v) is 14.4. The zero-order valence-electron chi connectivity index (χ0n) is 24.5. The predicted molar refractivity (Wildman–Crippen MR) is 163 cm³/mol. The Labute approximate surface area is 251 Å². The molecule has 0 aliphatic carbocycles. The molecule has 3 aromatic rings. The van der Waals surface area contributed by atoms with E-state index in [1.54, 1.807) is 17.0 Å². The standard InChI is InChI=1S/C33H36N6O4/c1-23-19-35(2)31-26(15-10-16-28(31)43-23)20-37-21-29-38(36(3)33(42)34-18-25-13-8-5-9-14-25)22-30(40)39(29)27(32(37)41)17-24-11-6-4-7-12-24/h4-16,27,29H,1,17-22H2,2-3H3,(H,34,42)/t27-,29+/m0/s1. The summed E-state index contributed by atoms with van der Waals surface area (Å²) >= 11 is 0. The Bertz CT molecular complexity index is 1530. The first-order valence-electron chi connectivity index (χ1n) is 14.4. The van der Waals surface area contributed by atoms with Crippen LogP contribution >= 0.6 is 0 Å². The molecule has 43 heavy (non-hydrogen) atoms. The number of carbonyl (C=O) groups excluding carboxylic acids is 3. The first kappa shape index (κ1) is 28.3. The van der Waals surface area contributed by atoms with Gasteiger partial charge in [-0.1, -0.05) is 79.4 Å². The first-order chi connectivity index (χ1) is 20.8. The summed E-state index contributed by atoms with van der Waals surface area (Å²) in [4.78, 5) is 46.5. The minimum absolute atomic E-state index is 0.00571. The lowest BCUT2D eigenvalue weighted by Gasteiger charge is -2.46. The molecular weight excluding hydrogens is 544 g/mol. The number of amides is 4. The molecule has 2 saturated heterocycles. The normalized spacial score (nSPS) is 20.0. The Morgan fingerprint density at radius 3 is 2.40 bits per heavy atom. The van der Waals surface area contributed by atoms with Gasteiger partial charge in [0, 0.05) is 33.6 Å². The van der Waals surface area contributed by atoms with Gasteiger partial charge in [-0.2, -0.15) is 5.01 Å². The molecule has 3 aromatic carbocycles. The highest BCUT2D eigenvalue weighted by Gasteiger charge is 2.51. The molecule has 4 amide bonds. The van der Waals surface area contributed by atoms with Crippen molar-refractivity contribution in [3.8, 4) is 5.75 Å². The van der Waals surface area contributed by atoms with Crippen LogP contribution in [-0.2, 0) is 29.1 Å². The van der Waals surface area contributed by atoms with Gasteiger partial charge in [-0.15, -0.1) is 0 Å². The van der Waals surface area contributed by atoms with Crippen LogP contribution in [0.3, 0.4) is 0 Å². The van der Waals surface area contributed by atoms with Crippen LogP contribution in [0, 0.1) is 0 Å². The van der Waals surface area contributed by atoms with Crippen molar-refractivity contribution in [2.24, 2.45) is 0 Å². The van der Waals surface area contributed by atoms with Gasteiger partial charge in [0.05, 0.1) is 25.3 Å². The van der Waals surface area contributed by atoms with E-state index in [4.69, 9.17) is 4.74 Å². The molecule has 3 aliphatic rings. The number of likely N-dealkylation sites (N-methyl/N-ethyl adjacent to an activating group) is 1. The quantitative estimate of drug-likeness (QED) is 0.462. The van der Waals surface area contributed by atoms with Crippen molar-refractivity contribution in [3.05, 3.63) is 108 Å². The topological polar surface area (TPSA) is 88.7 Å². The number of nitrogens with one attached hydrogen (secondary N) is 1. The van der Waals surface area contributed by atoms with Crippen LogP contribution in [-0.4, -0.2) is 83.6 Å². The molecule has 2 atom stereocenters. The molecule has 1 N–H and O–H groups in total. The minimum atomic E-state index is -0.701. The summed E-state index contributed by atoms with van der Waals surface area (Å²) in [5.74, 6) is 1.07. The van der Waals surface area contributed by atoms with E-state index in [0.717, 1.165) is 22.4 Å². The van der Waals surface area contributed by atoms with Gasteiger partial charge in [0.1, 0.15) is 18.0 Å². The van der Waals surface area contributed by atoms with E-state index in [2.05, 4.69) is 16.8 Å². The third-order valence-corrected chi connectivity index (χ3v) is 8.30. The molecular formula is C33H36N6O4. The smallest absolute Gasteiger partial charge is 0.332 e. The Balaban J connectivity index is 1.28. The molecule has 10 heteroatoms. The number of rotatable bonds is 7. The molecule has 0 radical (unpaired) electrons. The lowest BCUT2D eigenvalue weighted by Crippen LogP contribution is -2.65. The van der Waals surface area contributed by atoms with Crippen molar-refractivity contribution in [1.82, 2.24) is 25.1 Å². The van der Waals surface area contributed by atoms with E-state index in [0.29, 0.717) is 37.6 Å². The number of piperazine rings is 1. The zero-order chi connectivity index (χ0) is 30.1. The number of carbonyl (C=O) groups is 3. The monoisotopic (exact) mass is 580 g/mol. The summed E-state index contributed by atoms with van der Waals surface area (Å²) < 4.78 is 5.92. The molecule has 2 fully saturated rings. The molecule has 10 nitrogen and oxygen atoms in total.